The normalized spacial score (nSPS) is 20.9. The number of Topliss-reactive ketones (excluding diaryl/α,β-unsaturated/α-hetero) is 7. The minimum absolute atomic E-state index is 0. The van der Waals surface area contributed by atoms with Crippen LogP contribution in [0.25, 0.3) is 10.8 Å². The molecule has 5 aromatic rings. The fourth-order valence-corrected chi connectivity index (χ4v) is 23.3. The molecule has 6 aliphatic carbocycles. The SMILES string of the molecule is C=C[C@@H](C)C[C@@H]1CCCC1=O.C=C[C@H](C[C@@H]1CCCC1=O)NC(=O)[C@@H](C)CC(C)C.C=C[C@H](C[C@@H]1CCCC1=O)NC(=O)[C@@H](CC(=O)[C@@H](C)Cc1cccc2ccccc12)CC(C)C.COC(=O)[C@@H](C)C[C@@H]1CCCC1=O.CP(Br)(c1ccccc1)(c1ccccc1)c1ccccc1.C[C@H](C=O)C[C@@H]1CCCC1=O.C[C@H](CO)C[C@@H]1CCCC1=O.[B].[H-].[Li+]. The molecule has 15 nitrogen and oxygen atoms in total. The Morgan fingerprint density at radius 3 is 1.20 bits per heavy atom. The van der Waals surface area contributed by atoms with E-state index in [1.54, 1.807) is 12.2 Å². The molecule has 2 amide bonds. The van der Waals surface area contributed by atoms with Gasteiger partial charge in [-0.15, -0.1) is 19.7 Å². The number of carbonyl (C=O) groups is 11. The molecule has 0 saturated heterocycles. The first-order valence-electron chi connectivity index (χ1n) is 44.9. The quantitative estimate of drug-likeness (QED) is 0.0114. The zero-order valence-electron chi connectivity index (χ0n) is 77.2. The Kier molecular flexibility index (Phi) is 50.7. The van der Waals surface area contributed by atoms with E-state index < -0.39 is 5.31 Å². The van der Waals surface area contributed by atoms with E-state index in [2.05, 4.69) is 207 Å². The van der Waals surface area contributed by atoms with Crippen LogP contribution in [-0.4, -0.2) is 111 Å². The molecule has 11 rings (SSSR count). The molecule has 0 unspecified atom stereocenters. The number of ether oxygens (including phenoxy) is 1. The molecule has 0 aromatic heterocycles. The third-order valence-electron chi connectivity index (χ3n) is 25.0. The van der Waals surface area contributed by atoms with Crippen LogP contribution >= 0.6 is 20.8 Å². The molecule has 0 heterocycles. The number of aliphatic hydroxyl groups is 1. The van der Waals surface area contributed by atoms with Gasteiger partial charge < -0.3 is 26.7 Å². The molecular weight excluding hydrogens is 1600 g/mol. The maximum atomic E-state index is 13.2. The first-order chi connectivity index (χ1) is 57.2. The number of halogens is 1. The Labute approximate surface area is 756 Å². The Balaban J connectivity index is 0.000000507. The monoisotopic (exact) mass is 1750 g/mol. The average molecular weight is 1750 g/mol. The van der Waals surface area contributed by atoms with Crippen LogP contribution in [0.2, 0.25) is 0 Å². The zero-order chi connectivity index (χ0) is 88.5. The average Bonchev–Trinajstić information content (AvgIpc) is 1.53. The molecule has 6 aliphatic rings. The van der Waals surface area contributed by atoms with Crippen LogP contribution in [-0.2, 0) is 63.9 Å². The number of aldehydes is 1. The van der Waals surface area contributed by atoms with Gasteiger partial charge in [0, 0.05) is 131 Å². The fourth-order valence-electron chi connectivity index (χ4n) is 17.6. The molecule has 3 radical (unpaired) electrons. The molecule has 663 valence electrons. The van der Waals surface area contributed by atoms with Gasteiger partial charge in [0.05, 0.1) is 13.0 Å². The van der Waals surface area contributed by atoms with Gasteiger partial charge in [-0.3, -0.25) is 47.9 Å². The summed E-state index contributed by atoms with van der Waals surface area (Å²) >= 11 is 4.24. The third kappa shape index (κ3) is 36.1. The van der Waals surface area contributed by atoms with Crippen LogP contribution in [0.5, 0.6) is 0 Å². The van der Waals surface area contributed by atoms with Crippen molar-refractivity contribution in [3.05, 3.63) is 177 Å². The molecule has 5 aromatic carbocycles. The summed E-state index contributed by atoms with van der Waals surface area (Å²) in [4.78, 5) is 128. The van der Waals surface area contributed by atoms with Crippen LogP contribution in [0.15, 0.2) is 171 Å². The van der Waals surface area contributed by atoms with Crippen LogP contribution in [0.1, 0.15) is 250 Å². The number of nitrogens with one attached hydrogen (secondary N) is 2. The van der Waals surface area contributed by atoms with Crippen LogP contribution < -0.4 is 45.4 Å². The van der Waals surface area contributed by atoms with Crippen molar-refractivity contribution in [3.63, 3.8) is 0 Å². The number of methoxy groups -OCH3 is 1. The van der Waals surface area contributed by atoms with E-state index in [0.29, 0.717) is 110 Å². The second-order valence-electron chi connectivity index (χ2n) is 36.2. The Bertz CT molecular complexity index is 3960. The molecule has 0 spiro atoms. The minimum Gasteiger partial charge on any atom is -1.00 e. The number of aliphatic hydroxyl groups excluding tert-OH is 1. The first-order valence-corrected chi connectivity index (χ1v) is 49.6. The first kappa shape index (κ1) is 109. The van der Waals surface area contributed by atoms with Crippen LogP contribution in [0.3, 0.4) is 0 Å². The van der Waals surface area contributed by atoms with Crippen molar-refractivity contribution in [2.24, 2.45) is 88.8 Å². The fraction of sp³-hybridized carbons (Fsp3) is 0.563. The van der Waals surface area contributed by atoms with Crippen molar-refractivity contribution in [1.29, 1.82) is 0 Å². The number of hydrogen-bond donors (Lipinski definition) is 3. The number of ketones is 7. The molecule has 6 fully saturated rings. The van der Waals surface area contributed by atoms with Crippen LogP contribution in [0, 0.1) is 88.8 Å². The summed E-state index contributed by atoms with van der Waals surface area (Å²) in [7, 11) is 1.38. The zero-order valence-corrected chi connectivity index (χ0v) is 78.7. The van der Waals surface area contributed by atoms with Gasteiger partial charge >= 0.3 is 159 Å². The topological polar surface area (TPSA) is 241 Å². The second-order valence-corrected chi connectivity index (χ2v) is 45.9. The Morgan fingerprint density at radius 2 is 0.836 bits per heavy atom. The molecular formula is C103H147BBrLiN2O13P. The van der Waals surface area contributed by atoms with Crippen LogP contribution in [0.4, 0.5) is 0 Å². The van der Waals surface area contributed by atoms with Gasteiger partial charge in [-0.1, -0.05) is 130 Å². The van der Waals surface area contributed by atoms with Crippen molar-refractivity contribution in [3.8, 4) is 0 Å². The summed E-state index contributed by atoms with van der Waals surface area (Å²) in [5.74, 6) is 4.10. The number of carbonyl (C=O) groups excluding carboxylic acids is 11. The largest absolute Gasteiger partial charge is 1.00 e. The summed E-state index contributed by atoms with van der Waals surface area (Å²) in [5.41, 5.74) is 1.16. The van der Waals surface area contributed by atoms with Gasteiger partial charge in [0.2, 0.25) is 11.8 Å². The number of benzene rings is 5. The van der Waals surface area contributed by atoms with Gasteiger partial charge in [0.1, 0.15) is 46.8 Å². The van der Waals surface area contributed by atoms with Gasteiger partial charge in [-0.2, -0.15) is 0 Å². The van der Waals surface area contributed by atoms with Gasteiger partial charge in [-0.05, 0) is 175 Å². The van der Waals surface area contributed by atoms with Crippen molar-refractivity contribution in [2.75, 3.05) is 20.4 Å². The number of hydrogen-bond acceptors (Lipinski definition) is 13. The number of esters is 1. The Morgan fingerprint density at radius 1 is 0.475 bits per heavy atom. The second kappa shape index (κ2) is 56.8. The molecule has 15 atom stereocenters. The van der Waals surface area contributed by atoms with Crippen molar-refractivity contribution >= 4 is 120 Å². The third-order valence-corrected chi connectivity index (χ3v) is 33.3. The number of fused-ring (bicyclic) bond motifs is 1. The molecule has 0 bridgehead atoms. The molecule has 122 heavy (non-hydrogen) atoms. The van der Waals surface area contributed by atoms with E-state index in [9.17, 15) is 52.7 Å². The van der Waals surface area contributed by atoms with Gasteiger partial charge in [-0.25, -0.2) is 0 Å². The van der Waals surface area contributed by atoms with E-state index in [0.717, 1.165) is 134 Å². The smallest absolute Gasteiger partial charge is 1.00 e. The van der Waals surface area contributed by atoms with Gasteiger partial charge in [0.15, 0.2) is 0 Å². The molecule has 6 saturated carbocycles. The van der Waals surface area contributed by atoms with Crippen molar-refractivity contribution < 1.29 is 82.9 Å². The molecule has 3 N–H and O–H groups in total. The number of amides is 2. The van der Waals surface area contributed by atoms with E-state index in [4.69, 9.17) is 5.11 Å². The van der Waals surface area contributed by atoms with Gasteiger partial charge in [0.25, 0.3) is 0 Å². The predicted molar refractivity (Wildman–Crippen MR) is 503 cm³/mol. The van der Waals surface area contributed by atoms with Crippen molar-refractivity contribution in [2.45, 2.75) is 261 Å². The number of rotatable bonds is 34. The maximum Gasteiger partial charge on any atom is 1.00 e. The summed E-state index contributed by atoms with van der Waals surface area (Å²) < 4.78 is 4.61. The van der Waals surface area contributed by atoms with E-state index in [1.165, 1.54) is 33.8 Å². The van der Waals surface area contributed by atoms with E-state index in [-0.39, 0.29) is 142 Å². The molecule has 19 heteroatoms. The standard InChI is InChI=1S/C30H39NO3.C19H18BrP.C16H27NO2.C10H16O3.C10H16O.C9H16O2.C9H14O2.B.Li.H/c1-5-26(18-24-13-9-15-28(24)32)31-30(34)25(16-20(2)3)19-29(33)21(4)17-23-12-8-11-22-10-6-7-14-27(22)23;1-21(20,17-11-5-2-6-12-17,18-13-7-3-8-14-18)19-15-9-4-10-16-19;1-5-14(10-13-7-6-8-15(13)18)17-16(19)12(4)9-11(2)3;1-7(10(12)13-2)6-8-4-3-5-9(8)11;1-3-8(2)7-9-5-4-6-10(9)11;2*1-7(6-10)5-8-3-2-4-9(8)11;;;/h5-8,10-12,14,20-21,24-26H,1,9,13,15-19H2,2-4H3,(H,31,34);2-16H,1H3;5,11-14H,1,6-10H2,2-4H3,(H,17,19);7-8H,3-6H2,1-2H3;3,8-9H,1,4-7H2,2H3;7-8,10H,2-6H2,1H3;6-8H,2-5H2,1H3;;;/q;;;;;;;;+1;-1/t21-,24-,25+,26+;;12-,13-,14+;7-,8-;8-,9+;2*7-,8-;;;/m0.00100.../s1. The minimum atomic E-state index is -2.56. The summed E-state index contributed by atoms with van der Waals surface area (Å²) in [6, 6.07) is 46.4. The summed E-state index contributed by atoms with van der Waals surface area (Å²) in [5, 5.41) is 18.7. The Hall–Kier alpha value is -7.12. The van der Waals surface area contributed by atoms with E-state index in [1.807, 2.05) is 58.9 Å². The number of allylic oxidation sites excluding steroid dienone is 1. The maximum absolute atomic E-state index is 13.2. The predicted octanol–water partition coefficient (Wildman–Crippen LogP) is 17.4. The summed E-state index contributed by atoms with van der Waals surface area (Å²) in [6.45, 7) is 34.1. The van der Waals surface area contributed by atoms with Crippen molar-refractivity contribution in [1.82, 2.24) is 10.6 Å². The summed E-state index contributed by atoms with van der Waals surface area (Å²) in [6.07, 6.45) is 29.8. The van der Waals surface area contributed by atoms with E-state index >= 15 is 0 Å². The molecule has 0 aliphatic heterocycles.